The van der Waals surface area contributed by atoms with E-state index in [0.29, 0.717) is 16.7 Å². The Morgan fingerprint density at radius 2 is 1.71 bits per heavy atom. The summed E-state index contributed by atoms with van der Waals surface area (Å²) in [6.07, 6.45) is 1.91. The number of hydrogen-bond donors (Lipinski definition) is 0. The number of fused-ring (bicyclic) bond motifs is 1. The first-order chi connectivity index (χ1) is 8.09. The van der Waals surface area contributed by atoms with Crippen molar-refractivity contribution in [3.63, 3.8) is 0 Å². The molecule has 0 fully saturated rings. The summed E-state index contributed by atoms with van der Waals surface area (Å²) in [7, 11) is 0. The van der Waals surface area contributed by atoms with E-state index < -0.39 is 0 Å². The molecule has 1 heterocycles. The van der Waals surface area contributed by atoms with Gasteiger partial charge >= 0.3 is 0 Å². The van der Waals surface area contributed by atoms with E-state index in [2.05, 4.69) is 41.7 Å². The molecule has 1 aromatic carbocycles. The molecular formula is C14H17BrN2. The van der Waals surface area contributed by atoms with E-state index in [0.717, 1.165) is 16.7 Å². The van der Waals surface area contributed by atoms with Crippen molar-refractivity contribution in [1.82, 2.24) is 9.97 Å². The summed E-state index contributed by atoms with van der Waals surface area (Å²) in [6, 6.07) is 8.00. The summed E-state index contributed by atoms with van der Waals surface area (Å²) in [4.78, 5) is 9.61. The second-order valence-electron chi connectivity index (χ2n) is 4.73. The second-order valence-corrected chi connectivity index (χ2v) is 6.18. The predicted molar refractivity (Wildman–Crippen MR) is 75.5 cm³/mol. The monoisotopic (exact) mass is 292 g/mol. The Bertz CT molecular complexity index is 500. The molecule has 0 bridgehead atoms. The van der Waals surface area contributed by atoms with Crippen molar-refractivity contribution in [3.8, 4) is 0 Å². The van der Waals surface area contributed by atoms with Crippen molar-refractivity contribution < 1.29 is 0 Å². The Balaban J connectivity index is 2.47. The number of rotatable bonds is 3. The largest absolute Gasteiger partial charge is 0.253 e. The van der Waals surface area contributed by atoms with Crippen LogP contribution in [0.1, 0.15) is 32.4 Å². The van der Waals surface area contributed by atoms with Crippen LogP contribution in [0, 0.1) is 5.92 Å². The minimum Gasteiger partial charge on any atom is -0.253 e. The molecule has 0 saturated carbocycles. The third-order valence-corrected chi connectivity index (χ3v) is 3.59. The summed E-state index contributed by atoms with van der Waals surface area (Å²) in [5.41, 5.74) is 3.01. The third-order valence-electron chi connectivity index (χ3n) is 3.02. The highest BCUT2D eigenvalue weighted by Crippen LogP contribution is 2.31. The molecule has 0 N–H and O–H groups in total. The van der Waals surface area contributed by atoms with Gasteiger partial charge in [-0.3, -0.25) is 4.98 Å². The van der Waals surface area contributed by atoms with Crippen LogP contribution in [0.15, 0.2) is 30.5 Å². The van der Waals surface area contributed by atoms with Crippen molar-refractivity contribution in [2.75, 3.05) is 0 Å². The normalized spacial score (nSPS) is 15.1. The minimum atomic E-state index is 0.395. The number of hydrogen-bond acceptors (Lipinski definition) is 2. The fourth-order valence-electron chi connectivity index (χ4n) is 2.24. The summed E-state index contributed by atoms with van der Waals surface area (Å²) in [6.45, 7) is 6.61. The minimum absolute atomic E-state index is 0.395. The van der Waals surface area contributed by atoms with Gasteiger partial charge in [-0.2, -0.15) is 0 Å². The topological polar surface area (TPSA) is 25.8 Å². The van der Waals surface area contributed by atoms with Crippen molar-refractivity contribution in [1.29, 1.82) is 0 Å². The number of nitrogens with zero attached hydrogens (tertiary/aromatic N) is 2. The van der Waals surface area contributed by atoms with Crippen LogP contribution < -0.4 is 0 Å². The molecule has 1 aromatic heterocycles. The van der Waals surface area contributed by atoms with Gasteiger partial charge in [0.1, 0.15) is 0 Å². The van der Waals surface area contributed by atoms with Crippen molar-refractivity contribution in [3.05, 3.63) is 36.2 Å². The van der Waals surface area contributed by atoms with Gasteiger partial charge in [0, 0.05) is 16.9 Å². The van der Waals surface area contributed by atoms with Gasteiger partial charge in [0.2, 0.25) is 0 Å². The molecule has 2 nitrogen and oxygen atoms in total. The van der Waals surface area contributed by atoms with E-state index in [9.17, 15) is 0 Å². The molecule has 2 unspecified atom stereocenters. The lowest BCUT2D eigenvalue weighted by Gasteiger charge is -2.22. The van der Waals surface area contributed by atoms with Crippen LogP contribution in [0.2, 0.25) is 0 Å². The maximum absolute atomic E-state index is 4.73. The number of para-hydroxylation sites is 2. The smallest absolute Gasteiger partial charge is 0.0890 e. The number of halogens is 1. The van der Waals surface area contributed by atoms with Crippen molar-refractivity contribution in [2.24, 2.45) is 5.92 Å². The number of benzene rings is 1. The van der Waals surface area contributed by atoms with E-state index in [1.165, 1.54) is 0 Å². The van der Waals surface area contributed by atoms with Gasteiger partial charge < -0.3 is 0 Å². The average Bonchev–Trinajstić information content (AvgIpc) is 2.28. The Labute approximate surface area is 111 Å². The van der Waals surface area contributed by atoms with Gasteiger partial charge in [0.15, 0.2) is 0 Å². The molecule has 3 heteroatoms. The molecule has 0 amide bonds. The molecule has 2 atom stereocenters. The molecule has 0 spiro atoms. The summed E-state index contributed by atoms with van der Waals surface area (Å²) < 4.78 is 0. The van der Waals surface area contributed by atoms with Crippen molar-refractivity contribution >= 4 is 27.0 Å². The molecule has 90 valence electrons. The molecule has 17 heavy (non-hydrogen) atoms. The number of alkyl halides is 1. The summed E-state index contributed by atoms with van der Waals surface area (Å²) >= 11 is 3.67. The predicted octanol–water partition coefficient (Wildman–Crippen LogP) is 4.15. The highest BCUT2D eigenvalue weighted by molar-refractivity contribution is 9.09. The summed E-state index contributed by atoms with van der Waals surface area (Å²) in [5, 5.41) is 0. The van der Waals surface area contributed by atoms with E-state index in [-0.39, 0.29) is 0 Å². The maximum atomic E-state index is 4.73. The molecule has 2 aromatic rings. The van der Waals surface area contributed by atoms with Crippen LogP contribution in [0.4, 0.5) is 0 Å². The fourth-order valence-corrected chi connectivity index (χ4v) is 3.12. The zero-order valence-corrected chi connectivity index (χ0v) is 12.0. The van der Waals surface area contributed by atoms with Gasteiger partial charge in [-0.1, -0.05) is 48.8 Å². The molecule has 0 aliphatic rings. The lowest BCUT2D eigenvalue weighted by Crippen LogP contribution is -2.17. The summed E-state index contributed by atoms with van der Waals surface area (Å²) in [5.74, 6) is 0.937. The second kappa shape index (κ2) is 5.13. The van der Waals surface area contributed by atoms with Crippen LogP contribution in [0.5, 0.6) is 0 Å². The SMILES string of the molecule is CC(C)C(c1cnc2ccccc2n1)C(C)Br. The lowest BCUT2D eigenvalue weighted by molar-refractivity contribution is 0.488. The Morgan fingerprint density at radius 3 is 2.29 bits per heavy atom. The van der Waals surface area contributed by atoms with Crippen LogP contribution in [0.25, 0.3) is 11.0 Å². The van der Waals surface area contributed by atoms with Gasteiger partial charge in [0.25, 0.3) is 0 Å². The molecule has 0 saturated heterocycles. The van der Waals surface area contributed by atoms with E-state index >= 15 is 0 Å². The first-order valence-corrected chi connectivity index (χ1v) is 6.87. The molecule has 2 rings (SSSR count). The average molecular weight is 293 g/mol. The van der Waals surface area contributed by atoms with E-state index in [1.54, 1.807) is 0 Å². The van der Waals surface area contributed by atoms with Crippen molar-refractivity contribution in [2.45, 2.75) is 31.5 Å². The van der Waals surface area contributed by atoms with E-state index in [1.807, 2.05) is 30.5 Å². The Hall–Kier alpha value is -0.960. The van der Waals surface area contributed by atoms with E-state index in [4.69, 9.17) is 4.98 Å². The third kappa shape index (κ3) is 2.65. The first-order valence-electron chi connectivity index (χ1n) is 5.95. The standard InChI is InChI=1S/C14H17BrN2/c1-9(2)14(10(3)15)13-8-16-11-6-4-5-7-12(11)17-13/h4-10,14H,1-3H3. The van der Waals surface area contributed by atoms with Gasteiger partial charge in [-0.15, -0.1) is 0 Å². The highest BCUT2D eigenvalue weighted by atomic mass is 79.9. The van der Waals surface area contributed by atoms with Crippen LogP contribution in [0.3, 0.4) is 0 Å². The first kappa shape index (κ1) is 12.5. The fraction of sp³-hybridized carbons (Fsp3) is 0.429. The molecule has 0 radical (unpaired) electrons. The quantitative estimate of drug-likeness (QED) is 0.794. The maximum Gasteiger partial charge on any atom is 0.0890 e. The van der Waals surface area contributed by atoms with Gasteiger partial charge in [0.05, 0.1) is 16.7 Å². The lowest BCUT2D eigenvalue weighted by atomic mass is 9.90. The Morgan fingerprint density at radius 1 is 1.06 bits per heavy atom. The zero-order valence-electron chi connectivity index (χ0n) is 10.4. The van der Waals surface area contributed by atoms with Gasteiger partial charge in [-0.25, -0.2) is 4.98 Å². The van der Waals surface area contributed by atoms with Crippen LogP contribution in [-0.2, 0) is 0 Å². The van der Waals surface area contributed by atoms with Crippen LogP contribution >= 0.6 is 15.9 Å². The molecular weight excluding hydrogens is 276 g/mol. The Kier molecular flexibility index (Phi) is 3.77. The highest BCUT2D eigenvalue weighted by Gasteiger charge is 2.22. The van der Waals surface area contributed by atoms with Gasteiger partial charge in [-0.05, 0) is 18.1 Å². The van der Waals surface area contributed by atoms with Crippen LogP contribution in [-0.4, -0.2) is 14.8 Å². The molecule has 0 aliphatic heterocycles. The number of aromatic nitrogens is 2. The zero-order chi connectivity index (χ0) is 12.4. The molecule has 0 aliphatic carbocycles.